The molecule has 3 heteroatoms. The van der Waals surface area contributed by atoms with E-state index < -0.39 is 0 Å². The normalized spacial score (nSPS) is 25.2. The zero-order valence-electron chi connectivity index (χ0n) is 10.4. The van der Waals surface area contributed by atoms with E-state index in [2.05, 4.69) is 23.1 Å². The van der Waals surface area contributed by atoms with Gasteiger partial charge in [-0.2, -0.15) is 0 Å². The van der Waals surface area contributed by atoms with Crippen molar-refractivity contribution in [3.63, 3.8) is 0 Å². The van der Waals surface area contributed by atoms with Gasteiger partial charge in [-0.15, -0.1) is 0 Å². The van der Waals surface area contributed by atoms with Crippen LogP contribution in [-0.2, 0) is 6.42 Å². The van der Waals surface area contributed by atoms with Crippen LogP contribution in [0, 0.1) is 0 Å². The first kappa shape index (κ1) is 11.1. The number of ether oxygens (including phenoxy) is 1. The molecule has 1 aromatic rings. The van der Waals surface area contributed by atoms with Crippen LogP contribution in [0.2, 0.25) is 0 Å². The molecule has 0 spiro atoms. The minimum absolute atomic E-state index is 0.388. The lowest BCUT2D eigenvalue weighted by Crippen LogP contribution is -2.57. The quantitative estimate of drug-likeness (QED) is 0.843. The van der Waals surface area contributed by atoms with Crippen LogP contribution in [0.5, 0.6) is 5.75 Å². The molecule has 1 unspecified atom stereocenters. The first-order valence-corrected chi connectivity index (χ1v) is 6.44. The average molecular weight is 232 g/mol. The summed E-state index contributed by atoms with van der Waals surface area (Å²) in [7, 11) is 1.73. The number of nitrogens with two attached hydrogens (primary N) is 1. The predicted molar refractivity (Wildman–Crippen MR) is 68.2 cm³/mol. The number of aryl methyl sites for hydroxylation is 1. The van der Waals surface area contributed by atoms with E-state index in [1.165, 1.54) is 30.4 Å². The first-order valence-electron chi connectivity index (χ1n) is 6.44. The Labute approximate surface area is 103 Å². The van der Waals surface area contributed by atoms with Crippen molar-refractivity contribution in [2.24, 2.45) is 5.73 Å². The monoisotopic (exact) mass is 232 g/mol. The van der Waals surface area contributed by atoms with Gasteiger partial charge >= 0.3 is 0 Å². The van der Waals surface area contributed by atoms with E-state index in [0.29, 0.717) is 12.1 Å². The van der Waals surface area contributed by atoms with Gasteiger partial charge in [-0.25, -0.2) is 0 Å². The van der Waals surface area contributed by atoms with Crippen LogP contribution in [0.4, 0.5) is 0 Å². The van der Waals surface area contributed by atoms with Gasteiger partial charge in [0.2, 0.25) is 0 Å². The molecule has 1 saturated heterocycles. The molecule has 0 aromatic heterocycles. The second kappa shape index (κ2) is 4.31. The van der Waals surface area contributed by atoms with E-state index in [9.17, 15) is 0 Å². The van der Waals surface area contributed by atoms with Gasteiger partial charge < -0.3 is 10.5 Å². The highest BCUT2D eigenvalue weighted by Crippen LogP contribution is 2.37. The number of nitrogens with zero attached hydrogens (tertiary/aromatic N) is 1. The Kier molecular flexibility index (Phi) is 2.81. The molecular weight excluding hydrogens is 212 g/mol. The molecule has 3 rings (SSSR count). The van der Waals surface area contributed by atoms with Crippen molar-refractivity contribution in [1.29, 1.82) is 0 Å². The zero-order valence-corrected chi connectivity index (χ0v) is 10.4. The van der Waals surface area contributed by atoms with E-state index >= 15 is 0 Å². The van der Waals surface area contributed by atoms with Crippen molar-refractivity contribution >= 4 is 0 Å². The molecule has 1 aromatic carbocycles. The second-order valence-electron chi connectivity index (χ2n) is 5.19. The summed E-state index contributed by atoms with van der Waals surface area (Å²) >= 11 is 0. The van der Waals surface area contributed by atoms with E-state index in [1.54, 1.807) is 7.11 Å². The number of fused-ring (bicyclic) bond motifs is 1. The van der Waals surface area contributed by atoms with E-state index in [1.807, 2.05) is 0 Å². The van der Waals surface area contributed by atoms with Gasteiger partial charge in [0, 0.05) is 25.2 Å². The van der Waals surface area contributed by atoms with Crippen molar-refractivity contribution in [3.8, 4) is 5.75 Å². The summed E-state index contributed by atoms with van der Waals surface area (Å²) in [6.07, 6.45) is 3.73. The molecule has 1 aliphatic heterocycles. The highest BCUT2D eigenvalue weighted by Gasteiger charge is 2.33. The van der Waals surface area contributed by atoms with Crippen LogP contribution in [-0.4, -0.2) is 31.1 Å². The van der Waals surface area contributed by atoms with Gasteiger partial charge in [-0.1, -0.05) is 6.07 Å². The Balaban J connectivity index is 1.86. The summed E-state index contributed by atoms with van der Waals surface area (Å²) in [5.41, 5.74) is 8.83. The smallest absolute Gasteiger partial charge is 0.119 e. The van der Waals surface area contributed by atoms with Crippen molar-refractivity contribution in [2.45, 2.75) is 31.3 Å². The topological polar surface area (TPSA) is 38.5 Å². The third kappa shape index (κ3) is 1.94. The summed E-state index contributed by atoms with van der Waals surface area (Å²) in [5, 5.41) is 0. The van der Waals surface area contributed by atoms with Crippen molar-refractivity contribution in [3.05, 3.63) is 29.3 Å². The standard InChI is InChI=1S/C14H20N2O/c1-17-12-5-6-13-10(7-12)3-2-4-14(13)16-8-11(15)9-16/h5-7,11,14H,2-4,8-9,15H2,1H3. The summed E-state index contributed by atoms with van der Waals surface area (Å²) < 4.78 is 5.30. The van der Waals surface area contributed by atoms with Gasteiger partial charge in [0.1, 0.15) is 5.75 Å². The molecule has 92 valence electrons. The molecule has 0 amide bonds. The molecule has 1 atom stereocenters. The summed E-state index contributed by atoms with van der Waals surface area (Å²) in [6, 6.07) is 7.49. The summed E-state index contributed by atoms with van der Waals surface area (Å²) in [4.78, 5) is 2.51. The molecule has 0 bridgehead atoms. The van der Waals surface area contributed by atoms with Crippen LogP contribution in [0.25, 0.3) is 0 Å². The molecule has 17 heavy (non-hydrogen) atoms. The molecule has 0 radical (unpaired) electrons. The van der Waals surface area contributed by atoms with Crippen molar-refractivity contribution in [1.82, 2.24) is 4.90 Å². The van der Waals surface area contributed by atoms with Gasteiger partial charge in [-0.3, -0.25) is 4.90 Å². The van der Waals surface area contributed by atoms with Crippen molar-refractivity contribution < 1.29 is 4.74 Å². The van der Waals surface area contributed by atoms with Gasteiger partial charge in [0.05, 0.1) is 7.11 Å². The fourth-order valence-corrected chi connectivity index (χ4v) is 3.07. The number of likely N-dealkylation sites (tertiary alicyclic amines) is 1. The third-order valence-corrected chi connectivity index (χ3v) is 4.01. The Morgan fingerprint density at radius 3 is 2.88 bits per heavy atom. The van der Waals surface area contributed by atoms with Crippen LogP contribution < -0.4 is 10.5 Å². The number of hydrogen-bond donors (Lipinski definition) is 1. The lowest BCUT2D eigenvalue weighted by molar-refractivity contribution is 0.0832. The fourth-order valence-electron chi connectivity index (χ4n) is 3.07. The number of rotatable bonds is 2. The number of hydrogen-bond acceptors (Lipinski definition) is 3. The summed E-state index contributed by atoms with van der Waals surface area (Å²) in [5.74, 6) is 0.977. The maximum absolute atomic E-state index is 5.88. The lowest BCUT2D eigenvalue weighted by Gasteiger charge is -2.45. The maximum Gasteiger partial charge on any atom is 0.119 e. The average Bonchev–Trinajstić information content (AvgIpc) is 2.33. The molecule has 1 heterocycles. The first-order chi connectivity index (χ1) is 8.28. The molecule has 1 aliphatic carbocycles. The Hall–Kier alpha value is -1.06. The SMILES string of the molecule is COc1ccc2c(c1)CCCC2N1CC(N)C1. The lowest BCUT2D eigenvalue weighted by atomic mass is 9.85. The Morgan fingerprint density at radius 2 is 2.18 bits per heavy atom. The molecule has 2 aliphatic rings. The predicted octanol–water partition coefficient (Wildman–Crippen LogP) is 1.72. The third-order valence-electron chi connectivity index (χ3n) is 4.01. The van der Waals surface area contributed by atoms with E-state index in [-0.39, 0.29) is 0 Å². The van der Waals surface area contributed by atoms with E-state index in [4.69, 9.17) is 10.5 Å². The molecule has 3 nitrogen and oxygen atoms in total. The molecular formula is C14H20N2O. The van der Waals surface area contributed by atoms with Crippen molar-refractivity contribution in [2.75, 3.05) is 20.2 Å². The van der Waals surface area contributed by atoms with Gasteiger partial charge in [0.25, 0.3) is 0 Å². The van der Waals surface area contributed by atoms with Crippen LogP contribution in [0.15, 0.2) is 18.2 Å². The van der Waals surface area contributed by atoms with Crippen LogP contribution in [0.1, 0.15) is 30.0 Å². The Bertz CT molecular complexity index is 413. The minimum atomic E-state index is 0.388. The molecule has 2 N–H and O–H groups in total. The molecule has 1 fully saturated rings. The highest BCUT2D eigenvalue weighted by atomic mass is 16.5. The minimum Gasteiger partial charge on any atom is -0.497 e. The zero-order chi connectivity index (χ0) is 11.8. The van der Waals surface area contributed by atoms with Crippen LogP contribution >= 0.6 is 0 Å². The largest absolute Gasteiger partial charge is 0.497 e. The highest BCUT2D eigenvalue weighted by molar-refractivity contribution is 5.39. The van der Waals surface area contributed by atoms with E-state index in [0.717, 1.165) is 18.8 Å². The molecule has 0 saturated carbocycles. The van der Waals surface area contributed by atoms with Gasteiger partial charge in [0.15, 0.2) is 0 Å². The number of benzene rings is 1. The summed E-state index contributed by atoms with van der Waals surface area (Å²) in [6.45, 7) is 2.10. The Morgan fingerprint density at radius 1 is 1.35 bits per heavy atom. The second-order valence-corrected chi connectivity index (χ2v) is 5.19. The number of methoxy groups -OCH3 is 1. The maximum atomic E-state index is 5.88. The van der Waals surface area contributed by atoms with Crippen LogP contribution in [0.3, 0.4) is 0 Å². The fraction of sp³-hybridized carbons (Fsp3) is 0.571. The van der Waals surface area contributed by atoms with Gasteiger partial charge in [-0.05, 0) is 42.5 Å².